The first-order valence-electron chi connectivity index (χ1n) is 6.32. The van der Waals surface area contributed by atoms with E-state index in [4.69, 9.17) is 0 Å². The summed E-state index contributed by atoms with van der Waals surface area (Å²) >= 11 is 3.57. The largest absolute Gasteiger partial charge is 0.508 e. The van der Waals surface area contributed by atoms with Crippen molar-refractivity contribution in [3.05, 3.63) is 45.7 Å². The lowest BCUT2D eigenvalue weighted by atomic mass is 10.2. The lowest BCUT2D eigenvalue weighted by molar-refractivity contribution is 0.463. The second-order valence-electron chi connectivity index (χ2n) is 4.39. The fraction of sp³-hybridized carbons (Fsp3) is 0.357. The molecule has 0 saturated heterocycles. The minimum absolute atomic E-state index is 0.328. The summed E-state index contributed by atoms with van der Waals surface area (Å²) in [6.07, 6.45) is 0. The number of phenols is 1. The minimum Gasteiger partial charge on any atom is -0.508 e. The number of aryl methyl sites for hydroxylation is 2. The zero-order chi connectivity index (χ0) is 13.8. The third-order valence-electron chi connectivity index (χ3n) is 3.05. The minimum atomic E-state index is 0.328. The zero-order valence-electron chi connectivity index (χ0n) is 11.2. The van der Waals surface area contributed by atoms with Gasteiger partial charge in [-0.1, -0.05) is 18.2 Å². The molecular weight excluding hydrogens is 306 g/mol. The van der Waals surface area contributed by atoms with Gasteiger partial charge in [0.2, 0.25) is 0 Å². The quantitative estimate of drug-likeness (QED) is 0.889. The van der Waals surface area contributed by atoms with E-state index in [1.165, 1.54) is 0 Å². The van der Waals surface area contributed by atoms with Crippen LogP contribution >= 0.6 is 15.9 Å². The van der Waals surface area contributed by atoms with E-state index in [1.54, 1.807) is 6.07 Å². The Kier molecular flexibility index (Phi) is 4.61. The molecular formula is C14H18BrN3O. The maximum absolute atomic E-state index is 9.70. The number of para-hydroxylation sites is 1. The topological polar surface area (TPSA) is 50.1 Å². The Bertz CT molecular complexity index is 566. The predicted molar refractivity (Wildman–Crippen MR) is 79.0 cm³/mol. The molecule has 19 heavy (non-hydrogen) atoms. The maximum Gasteiger partial charge on any atom is 0.120 e. The smallest absolute Gasteiger partial charge is 0.120 e. The first kappa shape index (κ1) is 14.1. The summed E-state index contributed by atoms with van der Waals surface area (Å²) in [4.78, 5) is 0. The van der Waals surface area contributed by atoms with Gasteiger partial charge in [-0.2, -0.15) is 5.10 Å². The van der Waals surface area contributed by atoms with Crippen LogP contribution in [0.5, 0.6) is 5.75 Å². The van der Waals surface area contributed by atoms with Crippen molar-refractivity contribution in [3.63, 3.8) is 0 Å². The van der Waals surface area contributed by atoms with Crippen LogP contribution < -0.4 is 5.32 Å². The maximum atomic E-state index is 9.70. The summed E-state index contributed by atoms with van der Waals surface area (Å²) in [5, 5.41) is 17.5. The van der Waals surface area contributed by atoms with Crippen molar-refractivity contribution in [1.29, 1.82) is 0 Å². The van der Waals surface area contributed by atoms with E-state index in [0.29, 0.717) is 18.8 Å². The van der Waals surface area contributed by atoms with E-state index >= 15 is 0 Å². The molecule has 0 radical (unpaired) electrons. The van der Waals surface area contributed by atoms with Gasteiger partial charge in [-0.25, -0.2) is 0 Å². The van der Waals surface area contributed by atoms with E-state index in [1.807, 2.05) is 29.8 Å². The van der Waals surface area contributed by atoms with Crippen LogP contribution in [-0.2, 0) is 19.6 Å². The van der Waals surface area contributed by atoms with E-state index in [0.717, 1.165) is 28.0 Å². The molecule has 0 unspecified atom stereocenters. The number of hydrogen-bond donors (Lipinski definition) is 2. The predicted octanol–water partition coefficient (Wildman–Crippen LogP) is 2.97. The standard InChI is InChI=1S/C14H18BrN3O/c1-3-18-12(14(15)10(2)17-18)9-16-8-11-6-4-5-7-13(11)19/h4-7,16,19H,3,8-9H2,1-2H3. The number of phenolic OH excluding ortho intramolecular Hbond substituents is 1. The molecule has 5 heteroatoms. The molecule has 1 aromatic carbocycles. The SMILES string of the molecule is CCn1nc(C)c(Br)c1CNCc1ccccc1O. The van der Waals surface area contributed by atoms with Gasteiger partial charge in [0.1, 0.15) is 5.75 Å². The van der Waals surface area contributed by atoms with Gasteiger partial charge in [-0.05, 0) is 35.8 Å². The average molecular weight is 324 g/mol. The van der Waals surface area contributed by atoms with Crippen LogP contribution in [0, 0.1) is 6.92 Å². The lowest BCUT2D eigenvalue weighted by Gasteiger charge is -2.08. The molecule has 0 fully saturated rings. The lowest BCUT2D eigenvalue weighted by Crippen LogP contribution is -2.16. The fourth-order valence-electron chi connectivity index (χ4n) is 2.01. The van der Waals surface area contributed by atoms with Crippen LogP contribution in [0.2, 0.25) is 0 Å². The second kappa shape index (κ2) is 6.21. The molecule has 0 amide bonds. The summed E-state index contributed by atoms with van der Waals surface area (Å²) in [6.45, 7) is 6.25. The number of nitrogens with zero attached hydrogens (tertiary/aromatic N) is 2. The monoisotopic (exact) mass is 323 g/mol. The summed E-state index contributed by atoms with van der Waals surface area (Å²) in [5.41, 5.74) is 3.04. The number of nitrogens with one attached hydrogen (secondary N) is 1. The summed E-state index contributed by atoms with van der Waals surface area (Å²) in [5.74, 6) is 0.328. The van der Waals surface area contributed by atoms with E-state index in [9.17, 15) is 5.11 Å². The third kappa shape index (κ3) is 3.16. The van der Waals surface area contributed by atoms with Gasteiger partial charge in [-0.15, -0.1) is 0 Å². The van der Waals surface area contributed by atoms with Gasteiger partial charge in [-0.3, -0.25) is 4.68 Å². The van der Waals surface area contributed by atoms with Crippen LogP contribution in [0.1, 0.15) is 23.9 Å². The molecule has 0 spiro atoms. The molecule has 1 heterocycles. The van der Waals surface area contributed by atoms with Crippen molar-refractivity contribution in [3.8, 4) is 5.75 Å². The molecule has 4 nitrogen and oxygen atoms in total. The second-order valence-corrected chi connectivity index (χ2v) is 5.19. The zero-order valence-corrected chi connectivity index (χ0v) is 12.7. The van der Waals surface area contributed by atoms with Crippen molar-refractivity contribution in [2.45, 2.75) is 33.5 Å². The van der Waals surface area contributed by atoms with Crippen LogP contribution in [0.3, 0.4) is 0 Å². The molecule has 0 aliphatic carbocycles. The Balaban J connectivity index is 2.02. The third-order valence-corrected chi connectivity index (χ3v) is 4.08. The van der Waals surface area contributed by atoms with Crippen LogP contribution in [0.25, 0.3) is 0 Å². The Morgan fingerprint density at radius 3 is 2.74 bits per heavy atom. The molecule has 0 aliphatic rings. The fourth-order valence-corrected chi connectivity index (χ4v) is 2.44. The molecule has 2 rings (SSSR count). The molecule has 0 bridgehead atoms. The molecule has 1 aromatic heterocycles. The summed E-state index contributed by atoms with van der Waals surface area (Å²) in [6, 6.07) is 7.37. The van der Waals surface area contributed by atoms with Crippen molar-refractivity contribution >= 4 is 15.9 Å². The Labute approximate surface area is 121 Å². The van der Waals surface area contributed by atoms with Gasteiger partial charge in [0.25, 0.3) is 0 Å². The van der Waals surface area contributed by atoms with E-state index in [2.05, 4.69) is 33.3 Å². The number of hydrogen-bond acceptors (Lipinski definition) is 3. The van der Waals surface area contributed by atoms with Crippen LogP contribution in [-0.4, -0.2) is 14.9 Å². The number of aromatic nitrogens is 2. The van der Waals surface area contributed by atoms with Gasteiger partial charge >= 0.3 is 0 Å². The first-order valence-corrected chi connectivity index (χ1v) is 7.12. The van der Waals surface area contributed by atoms with Crippen molar-refractivity contribution in [1.82, 2.24) is 15.1 Å². The molecule has 102 valence electrons. The van der Waals surface area contributed by atoms with Gasteiger partial charge < -0.3 is 10.4 Å². The molecule has 2 N–H and O–H groups in total. The normalized spacial score (nSPS) is 10.9. The number of halogens is 1. The summed E-state index contributed by atoms with van der Waals surface area (Å²) in [7, 11) is 0. The molecule has 0 atom stereocenters. The number of aromatic hydroxyl groups is 1. The number of benzene rings is 1. The Morgan fingerprint density at radius 1 is 1.32 bits per heavy atom. The van der Waals surface area contributed by atoms with Crippen molar-refractivity contribution in [2.75, 3.05) is 0 Å². The summed E-state index contributed by atoms with van der Waals surface area (Å²) < 4.78 is 3.04. The Morgan fingerprint density at radius 2 is 2.05 bits per heavy atom. The van der Waals surface area contributed by atoms with Crippen LogP contribution in [0.4, 0.5) is 0 Å². The highest BCUT2D eigenvalue weighted by Crippen LogP contribution is 2.21. The molecule has 0 aliphatic heterocycles. The molecule has 0 saturated carbocycles. The Hall–Kier alpha value is -1.33. The first-order chi connectivity index (χ1) is 9.13. The van der Waals surface area contributed by atoms with E-state index in [-0.39, 0.29) is 0 Å². The van der Waals surface area contributed by atoms with Gasteiger partial charge in [0.05, 0.1) is 15.9 Å². The van der Waals surface area contributed by atoms with Crippen molar-refractivity contribution in [2.24, 2.45) is 0 Å². The van der Waals surface area contributed by atoms with Crippen molar-refractivity contribution < 1.29 is 5.11 Å². The number of rotatable bonds is 5. The highest BCUT2D eigenvalue weighted by atomic mass is 79.9. The van der Waals surface area contributed by atoms with E-state index < -0.39 is 0 Å². The average Bonchev–Trinajstić information content (AvgIpc) is 2.68. The van der Waals surface area contributed by atoms with Gasteiger partial charge in [0.15, 0.2) is 0 Å². The van der Waals surface area contributed by atoms with Crippen LogP contribution in [0.15, 0.2) is 28.7 Å². The highest BCUT2D eigenvalue weighted by molar-refractivity contribution is 9.10. The molecule has 2 aromatic rings. The van der Waals surface area contributed by atoms with Gasteiger partial charge in [0, 0.05) is 25.2 Å². The highest BCUT2D eigenvalue weighted by Gasteiger charge is 2.11.